The van der Waals surface area contributed by atoms with Gasteiger partial charge in [0.2, 0.25) is 5.91 Å². The second-order valence-corrected chi connectivity index (χ2v) is 5.99. The molecule has 1 aromatic carbocycles. The fourth-order valence-electron chi connectivity index (χ4n) is 2.83. The molecule has 0 aromatic heterocycles. The van der Waals surface area contributed by atoms with Gasteiger partial charge in [-0.1, -0.05) is 13.3 Å². The molecule has 1 N–H and O–H groups in total. The van der Waals surface area contributed by atoms with E-state index >= 15 is 0 Å². The van der Waals surface area contributed by atoms with E-state index in [1.54, 1.807) is 16.9 Å². The molecule has 0 radical (unpaired) electrons. The summed E-state index contributed by atoms with van der Waals surface area (Å²) < 4.78 is 5.14. The molecule has 6 heteroatoms. The van der Waals surface area contributed by atoms with Crippen molar-refractivity contribution in [3.63, 3.8) is 0 Å². The largest absolute Gasteiger partial charge is 0.497 e. The van der Waals surface area contributed by atoms with E-state index in [0.29, 0.717) is 19.5 Å². The van der Waals surface area contributed by atoms with Gasteiger partial charge in [0.15, 0.2) is 0 Å². The molecule has 2 rings (SSSR count). The zero-order valence-corrected chi connectivity index (χ0v) is 14.7. The monoisotopic (exact) mass is 333 g/mol. The second-order valence-electron chi connectivity index (χ2n) is 5.99. The first-order valence-corrected chi connectivity index (χ1v) is 8.58. The van der Waals surface area contributed by atoms with Crippen LogP contribution in [0.4, 0.5) is 10.5 Å². The van der Waals surface area contributed by atoms with Crippen molar-refractivity contribution in [1.82, 2.24) is 10.2 Å². The van der Waals surface area contributed by atoms with Gasteiger partial charge in [0.25, 0.3) is 0 Å². The lowest BCUT2D eigenvalue weighted by Gasteiger charge is -2.23. The van der Waals surface area contributed by atoms with Gasteiger partial charge in [0.05, 0.1) is 13.2 Å². The zero-order chi connectivity index (χ0) is 17.5. The minimum Gasteiger partial charge on any atom is -0.497 e. The summed E-state index contributed by atoms with van der Waals surface area (Å²) in [4.78, 5) is 28.1. The van der Waals surface area contributed by atoms with Crippen molar-refractivity contribution < 1.29 is 14.3 Å². The minimum atomic E-state index is -0.150. The standard InChI is InChI=1S/C18H27N3O3/c1-4-6-11-20(5-2)18(23)19-14-12-17(22)21(13-14)15-7-9-16(24-3)10-8-15/h7-10,14H,4-6,11-13H2,1-3H3,(H,19,23)/t14-/m0/s1. The van der Waals surface area contributed by atoms with Gasteiger partial charge >= 0.3 is 6.03 Å². The number of nitrogens with one attached hydrogen (secondary N) is 1. The SMILES string of the molecule is CCCCN(CC)C(=O)N[C@H]1CC(=O)N(c2ccc(OC)cc2)C1. The number of hydrogen-bond acceptors (Lipinski definition) is 3. The Morgan fingerprint density at radius 1 is 1.33 bits per heavy atom. The number of nitrogens with zero attached hydrogens (tertiary/aromatic N) is 2. The molecule has 24 heavy (non-hydrogen) atoms. The number of methoxy groups -OCH3 is 1. The van der Waals surface area contributed by atoms with E-state index < -0.39 is 0 Å². The van der Waals surface area contributed by atoms with Gasteiger partial charge in [0.1, 0.15) is 5.75 Å². The van der Waals surface area contributed by atoms with Crippen LogP contribution in [-0.4, -0.2) is 49.6 Å². The summed E-state index contributed by atoms with van der Waals surface area (Å²) in [6, 6.07) is 7.15. The predicted molar refractivity (Wildman–Crippen MR) is 94.4 cm³/mol. The molecule has 0 unspecified atom stereocenters. The van der Waals surface area contributed by atoms with Gasteiger partial charge in [-0.15, -0.1) is 0 Å². The van der Waals surface area contributed by atoms with Crippen LogP contribution in [0.5, 0.6) is 5.75 Å². The van der Waals surface area contributed by atoms with Crippen LogP contribution in [-0.2, 0) is 4.79 Å². The molecule has 0 bridgehead atoms. The first-order chi connectivity index (χ1) is 11.6. The maximum atomic E-state index is 12.3. The van der Waals surface area contributed by atoms with Crippen LogP contribution in [0.2, 0.25) is 0 Å². The van der Waals surface area contributed by atoms with Crippen molar-refractivity contribution in [2.24, 2.45) is 0 Å². The maximum Gasteiger partial charge on any atom is 0.317 e. The first kappa shape index (κ1) is 18.1. The number of rotatable bonds is 7. The van der Waals surface area contributed by atoms with Crippen LogP contribution in [0.3, 0.4) is 0 Å². The smallest absolute Gasteiger partial charge is 0.317 e. The quantitative estimate of drug-likeness (QED) is 0.834. The molecule has 0 aliphatic carbocycles. The molecule has 1 atom stereocenters. The normalized spacial score (nSPS) is 17.0. The van der Waals surface area contributed by atoms with E-state index in [1.165, 1.54) is 0 Å². The lowest BCUT2D eigenvalue weighted by atomic mass is 10.2. The highest BCUT2D eigenvalue weighted by molar-refractivity contribution is 5.96. The van der Waals surface area contributed by atoms with E-state index in [2.05, 4.69) is 12.2 Å². The molecule has 0 spiro atoms. The number of amides is 3. The number of carbonyl (C=O) groups excluding carboxylic acids is 2. The summed E-state index contributed by atoms with van der Waals surface area (Å²) in [7, 11) is 1.61. The zero-order valence-electron chi connectivity index (χ0n) is 14.7. The Kier molecular flexibility index (Phi) is 6.46. The fraction of sp³-hybridized carbons (Fsp3) is 0.556. The lowest BCUT2D eigenvalue weighted by Crippen LogP contribution is -2.46. The van der Waals surface area contributed by atoms with Crippen molar-refractivity contribution in [2.75, 3.05) is 31.6 Å². The van der Waals surface area contributed by atoms with Crippen LogP contribution in [0.1, 0.15) is 33.1 Å². The van der Waals surface area contributed by atoms with Crippen LogP contribution >= 0.6 is 0 Å². The van der Waals surface area contributed by atoms with Crippen LogP contribution < -0.4 is 15.0 Å². The Morgan fingerprint density at radius 3 is 2.62 bits per heavy atom. The highest BCUT2D eigenvalue weighted by Crippen LogP contribution is 2.24. The average Bonchev–Trinajstić information content (AvgIpc) is 2.96. The third kappa shape index (κ3) is 4.40. The molecule has 1 saturated heterocycles. The molecule has 132 valence electrons. The van der Waals surface area contributed by atoms with Crippen molar-refractivity contribution in [1.29, 1.82) is 0 Å². The van der Waals surface area contributed by atoms with Crippen LogP contribution in [0, 0.1) is 0 Å². The average molecular weight is 333 g/mol. The predicted octanol–water partition coefficient (Wildman–Crippen LogP) is 2.63. The Balaban J connectivity index is 1.94. The molecule has 6 nitrogen and oxygen atoms in total. The molecule has 0 saturated carbocycles. The molecule has 1 aromatic rings. The van der Waals surface area contributed by atoms with Gasteiger partial charge in [-0.3, -0.25) is 4.79 Å². The van der Waals surface area contributed by atoms with Crippen LogP contribution in [0.15, 0.2) is 24.3 Å². The third-order valence-electron chi connectivity index (χ3n) is 4.29. The highest BCUT2D eigenvalue weighted by Gasteiger charge is 2.32. The van der Waals surface area contributed by atoms with E-state index in [0.717, 1.165) is 30.8 Å². The van der Waals surface area contributed by atoms with E-state index in [1.807, 2.05) is 31.2 Å². The number of unbranched alkanes of at least 4 members (excludes halogenated alkanes) is 1. The highest BCUT2D eigenvalue weighted by atomic mass is 16.5. The molecule has 3 amide bonds. The summed E-state index contributed by atoms with van der Waals surface area (Å²) in [5.41, 5.74) is 0.830. The Hall–Kier alpha value is -2.24. The van der Waals surface area contributed by atoms with E-state index in [-0.39, 0.29) is 18.0 Å². The molecule has 1 aliphatic heterocycles. The number of ether oxygens (including phenoxy) is 1. The van der Waals surface area contributed by atoms with Gasteiger partial charge in [-0.2, -0.15) is 0 Å². The van der Waals surface area contributed by atoms with Gasteiger partial charge < -0.3 is 19.9 Å². The third-order valence-corrected chi connectivity index (χ3v) is 4.29. The Morgan fingerprint density at radius 2 is 2.04 bits per heavy atom. The minimum absolute atomic E-state index is 0.0297. The molecule has 1 aliphatic rings. The summed E-state index contributed by atoms with van der Waals surface area (Å²) in [6.07, 6.45) is 2.38. The van der Waals surface area contributed by atoms with Crippen molar-refractivity contribution in [2.45, 2.75) is 39.2 Å². The number of anilines is 1. The number of carbonyl (C=O) groups is 2. The maximum absolute atomic E-state index is 12.3. The Bertz CT molecular complexity index is 559. The molecule has 1 heterocycles. The number of hydrogen-bond donors (Lipinski definition) is 1. The first-order valence-electron chi connectivity index (χ1n) is 8.58. The Labute approximate surface area is 143 Å². The van der Waals surface area contributed by atoms with Crippen molar-refractivity contribution in [3.8, 4) is 5.75 Å². The molecular weight excluding hydrogens is 306 g/mol. The van der Waals surface area contributed by atoms with Crippen LogP contribution in [0.25, 0.3) is 0 Å². The number of urea groups is 1. The molecule has 1 fully saturated rings. The summed E-state index contributed by atoms with van der Waals surface area (Å²) in [5.74, 6) is 0.784. The van der Waals surface area contributed by atoms with E-state index in [4.69, 9.17) is 4.74 Å². The van der Waals surface area contributed by atoms with Gasteiger partial charge in [-0.05, 0) is 37.6 Å². The molecular formula is C18H27N3O3. The van der Waals surface area contributed by atoms with Gasteiger partial charge in [0, 0.05) is 31.7 Å². The van der Waals surface area contributed by atoms with E-state index in [9.17, 15) is 9.59 Å². The number of benzene rings is 1. The lowest BCUT2D eigenvalue weighted by molar-refractivity contribution is -0.117. The summed E-state index contributed by atoms with van der Waals surface area (Å²) >= 11 is 0. The van der Waals surface area contributed by atoms with Crippen molar-refractivity contribution in [3.05, 3.63) is 24.3 Å². The fourth-order valence-corrected chi connectivity index (χ4v) is 2.83. The second kappa shape index (κ2) is 8.57. The topological polar surface area (TPSA) is 61.9 Å². The summed E-state index contributed by atoms with van der Waals surface area (Å²) in [5, 5.41) is 2.99. The van der Waals surface area contributed by atoms with Gasteiger partial charge in [-0.25, -0.2) is 4.79 Å². The summed E-state index contributed by atoms with van der Waals surface area (Å²) in [6.45, 7) is 6.01. The van der Waals surface area contributed by atoms with Crippen molar-refractivity contribution >= 4 is 17.6 Å².